The predicted molar refractivity (Wildman–Crippen MR) is 83.5 cm³/mol. The van der Waals surface area contributed by atoms with E-state index in [0.29, 0.717) is 17.2 Å². The quantitative estimate of drug-likeness (QED) is 0.773. The Morgan fingerprint density at radius 3 is 1.86 bits per heavy atom. The van der Waals surface area contributed by atoms with Crippen LogP contribution < -0.4 is 23.4 Å². The van der Waals surface area contributed by atoms with Gasteiger partial charge in [0, 0.05) is 0 Å². The van der Waals surface area contributed by atoms with Gasteiger partial charge in [0.05, 0.1) is 0 Å². The van der Waals surface area contributed by atoms with E-state index in [2.05, 4.69) is 16.0 Å². The first-order valence-electron chi connectivity index (χ1n) is 6.30. The van der Waals surface area contributed by atoms with E-state index in [4.69, 9.17) is 18.9 Å². The van der Waals surface area contributed by atoms with E-state index in [1.807, 2.05) is 30.3 Å². The van der Waals surface area contributed by atoms with E-state index in [0.717, 1.165) is 21.3 Å². The van der Waals surface area contributed by atoms with Crippen molar-refractivity contribution in [2.24, 2.45) is 0 Å². The first-order chi connectivity index (χ1) is 10.2. The molecule has 0 N–H and O–H groups in total. The van der Waals surface area contributed by atoms with Crippen molar-refractivity contribution in [3.63, 3.8) is 0 Å². The van der Waals surface area contributed by atoms with E-state index >= 15 is 0 Å². The molecule has 5 heteroatoms. The Morgan fingerprint density at radius 2 is 1.38 bits per heavy atom. The van der Waals surface area contributed by atoms with Crippen LogP contribution in [0.5, 0.6) is 23.0 Å². The van der Waals surface area contributed by atoms with Crippen molar-refractivity contribution < 1.29 is 18.9 Å². The molecule has 0 aliphatic heterocycles. The van der Waals surface area contributed by atoms with Crippen LogP contribution in [-0.4, -0.2) is 44.5 Å². The average Bonchev–Trinajstić information content (AvgIpc) is 2.53. The molecular formula is C16H17O4Se. The zero-order valence-electron chi connectivity index (χ0n) is 12.4. The van der Waals surface area contributed by atoms with Gasteiger partial charge < -0.3 is 0 Å². The summed E-state index contributed by atoms with van der Waals surface area (Å²) < 4.78 is 22.4. The Bertz CT molecular complexity index is 623. The monoisotopic (exact) mass is 353 g/mol. The molecule has 0 atom stereocenters. The summed E-state index contributed by atoms with van der Waals surface area (Å²) in [5.41, 5.74) is 1.93. The molecule has 4 nitrogen and oxygen atoms in total. The molecule has 0 saturated heterocycles. The standard InChI is InChI=1S/C16H17O4Se/c1-17-11-7-5-10(6-8-11)14-13(21)9-12(18-2)15(19-3)16(14)20-4/h5-9H,1-4H3. The van der Waals surface area contributed by atoms with Gasteiger partial charge in [-0.25, -0.2) is 0 Å². The molecule has 111 valence electrons. The van der Waals surface area contributed by atoms with E-state index in [1.165, 1.54) is 0 Å². The molecule has 0 heterocycles. The number of benzene rings is 2. The summed E-state index contributed by atoms with van der Waals surface area (Å²) in [6, 6.07) is 9.66. The Morgan fingerprint density at radius 1 is 0.762 bits per heavy atom. The second-order valence-corrected chi connectivity index (χ2v) is 5.17. The third-order valence-electron chi connectivity index (χ3n) is 3.17. The molecule has 0 aliphatic carbocycles. The van der Waals surface area contributed by atoms with Gasteiger partial charge in [0.2, 0.25) is 0 Å². The summed E-state index contributed by atoms with van der Waals surface area (Å²) in [4.78, 5) is 0. The molecule has 0 fully saturated rings. The van der Waals surface area contributed by atoms with E-state index < -0.39 is 0 Å². The second-order valence-electron chi connectivity index (χ2n) is 4.25. The fourth-order valence-corrected chi connectivity index (χ4v) is 2.83. The van der Waals surface area contributed by atoms with Crippen LogP contribution >= 0.6 is 0 Å². The van der Waals surface area contributed by atoms with Gasteiger partial charge in [-0.3, -0.25) is 0 Å². The minimum atomic E-state index is 0.574. The van der Waals surface area contributed by atoms with Gasteiger partial charge in [-0.2, -0.15) is 0 Å². The molecule has 0 aliphatic rings. The molecule has 0 bridgehead atoms. The molecule has 1 radical (unpaired) electrons. The van der Waals surface area contributed by atoms with Gasteiger partial charge in [0.15, 0.2) is 0 Å². The zero-order valence-corrected chi connectivity index (χ0v) is 14.1. The Hall–Kier alpha value is -1.84. The van der Waals surface area contributed by atoms with Crippen molar-refractivity contribution in [3.05, 3.63) is 30.3 Å². The van der Waals surface area contributed by atoms with Crippen molar-refractivity contribution in [2.45, 2.75) is 0 Å². The van der Waals surface area contributed by atoms with Crippen molar-refractivity contribution in [1.29, 1.82) is 0 Å². The SMILES string of the molecule is COc1ccc(-c2c([Se])cc(OC)c(OC)c2OC)cc1. The van der Waals surface area contributed by atoms with Gasteiger partial charge in [-0.05, 0) is 0 Å². The summed E-state index contributed by atoms with van der Waals surface area (Å²) >= 11 is 3.05. The topological polar surface area (TPSA) is 36.9 Å². The molecule has 0 spiro atoms. The average molecular weight is 352 g/mol. The van der Waals surface area contributed by atoms with Gasteiger partial charge in [-0.15, -0.1) is 0 Å². The molecule has 2 rings (SSSR count). The fourth-order valence-electron chi connectivity index (χ4n) is 2.16. The van der Waals surface area contributed by atoms with E-state index in [-0.39, 0.29) is 0 Å². The van der Waals surface area contributed by atoms with Gasteiger partial charge in [0.25, 0.3) is 0 Å². The maximum atomic E-state index is 5.55. The van der Waals surface area contributed by atoms with Gasteiger partial charge in [0.1, 0.15) is 0 Å². The molecule has 0 saturated carbocycles. The summed E-state index contributed by atoms with van der Waals surface area (Å²) in [6.45, 7) is 0. The van der Waals surface area contributed by atoms with Crippen molar-refractivity contribution in [3.8, 4) is 34.1 Å². The summed E-state index contributed by atoms with van der Waals surface area (Å²) in [5.74, 6) is 2.64. The van der Waals surface area contributed by atoms with Crippen LogP contribution in [0.15, 0.2) is 30.3 Å². The van der Waals surface area contributed by atoms with Crippen LogP contribution in [0.25, 0.3) is 11.1 Å². The first kappa shape index (κ1) is 15.5. The minimum absolute atomic E-state index is 0.574. The van der Waals surface area contributed by atoms with Crippen molar-refractivity contribution >= 4 is 20.5 Å². The maximum absolute atomic E-state index is 5.55. The zero-order chi connectivity index (χ0) is 15.4. The Kier molecular flexibility index (Phi) is 4.99. The number of rotatable bonds is 5. The predicted octanol–water partition coefficient (Wildman–Crippen LogP) is 2.18. The molecule has 0 unspecified atom stereocenters. The Balaban J connectivity index is 2.66. The third kappa shape index (κ3) is 2.94. The van der Waals surface area contributed by atoms with Crippen LogP contribution in [0.3, 0.4) is 0 Å². The Labute approximate surface area is 132 Å². The summed E-state index contributed by atoms with van der Waals surface area (Å²) in [5, 5.41) is 0. The van der Waals surface area contributed by atoms with Crippen molar-refractivity contribution in [2.75, 3.05) is 28.4 Å². The van der Waals surface area contributed by atoms with E-state index in [9.17, 15) is 0 Å². The van der Waals surface area contributed by atoms with Crippen LogP contribution in [0.1, 0.15) is 0 Å². The van der Waals surface area contributed by atoms with Crippen LogP contribution in [0, 0.1) is 0 Å². The second kappa shape index (κ2) is 6.74. The number of hydrogen-bond donors (Lipinski definition) is 0. The summed E-state index contributed by atoms with van der Waals surface area (Å²) in [7, 11) is 6.45. The summed E-state index contributed by atoms with van der Waals surface area (Å²) in [6.07, 6.45) is 0. The van der Waals surface area contributed by atoms with Crippen LogP contribution in [-0.2, 0) is 0 Å². The molecule has 0 amide bonds. The first-order valence-corrected chi connectivity index (χ1v) is 7.16. The fraction of sp³-hybridized carbons (Fsp3) is 0.250. The molecule has 2 aromatic carbocycles. The molecule has 2 aromatic rings. The number of methoxy groups -OCH3 is 4. The van der Waals surface area contributed by atoms with Crippen LogP contribution in [0.4, 0.5) is 0 Å². The molecular weight excluding hydrogens is 335 g/mol. The normalized spacial score (nSPS) is 10.1. The molecule has 0 aromatic heterocycles. The molecule has 21 heavy (non-hydrogen) atoms. The van der Waals surface area contributed by atoms with Gasteiger partial charge in [-0.1, -0.05) is 0 Å². The number of hydrogen-bond acceptors (Lipinski definition) is 4. The number of ether oxygens (including phenoxy) is 4. The van der Waals surface area contributed by atoms with Gasteiger partial charge >= 0.3 is 132 Å². The van der Waals surface area contributed by atoms with E-state index in [1.54, 1.807) is 28.4 Å². The van der Waals surface area contributed by atoms with Crippen molar-refractivity contribution in [1.82, 2.24) is 0 Å². The third-order valence-corrected chi connectivity index (χ3v) is 3.85. The van der Waals surface area contributed by atoms with Crippen LogP contribution in [0.2, 0.25) is 0 Å².